The number of thioether (sulfide) groups is 2. The molecule has 5 rings (SSSR count). The third-order valence-electron chi connectivity index (χ3n) is 4.64. The number of fused-ring (bicyclic) bond motifs is 3. The topological polar surface area (TPSA) is 85.3 Å². The van der Waals surface area contributed by atoms with Crippen molar-refractivity contribution in [3.63, 3.8) is 0 Å². The number of carbonyl (C=O) groups excluding carboxylic acids is 1. The maximum absolute atomic E-state index is 12.5. The van der Waals surface area contributed by atoms with E-state index in [9.17, 15) is 4.79 Å². The highest BCUT2D eigenvalue weighted by Crippen LogP contribution is 2.29. The van der Waals surface area contributed by atoms with Crippen LogP contribution in [0.2, 0.25) is 0 Å². The fourth-order valence-electron chi connectivity index (χ4n) is 3.25. The van der Waals surface area contributed by atoms with Crippen molar-refractivity contribution < 1.29 is 9.21 Å². The molecule has 154 valence electrons. The number of nitrogens with one attached hydrogen (secondary N) is 1. The van der Waals surface area contributed by atoms with Crippen LogP contribution in [0.15, 0.2) is 81.4 Å². The van der Waals surface area contributed by atoms with Crippen LogP contribution < -0.4 is 5.32 Å². The fraction of sp³-hybridized carbons (Fsp3) is 0.0909. The summed E-state index contributed by atoms with van der Waals surface area (Å²) in [5.41, 5.74) is 2.25. The molecule has 0 fully saturated rings. The van der Waals surface area contributed by atoms with E-state index in [2.05, 4.69) is 15.5 Å². The monoisotopic (exact) mass is 447 g/mol. The van der Waals surface area contributed by atoms with E-state index in [4.69, 9.17) is 9.40 Å². The van der Waals surface area contributed by atoms with Crippen LogP contribution in [0.5, 0.6) is 0 Å². The lowest BCUT2D eigenvalue weighted by Gasteiger charge is -2.08. The van der Waals surface area contributed by atoms with E-state index < -0.39 is 0 Å². The SMILES string of the molecule is CSc1cccc(NC(=O)CSc2nnc3c4ccccc4nc(-c4ccco4)n23)c1. The Morgan fingerprint density at radius 2 is 2.00 bits per heavy atom. The number of furan rings is 1. The summed E-state index contributed by atoms with van der Waals surface area (Å²) >= 11 is 2.93. The molecule has 7 nitrogen and oxygen atoms in total. The lowest BCUT2D eigenvalue weighted by molar-refractivity contribution is -0.113. The number of hydrogen-bond donors (Lipinski definition) is 1. The van der Waals surface area contributed by atoms with E-state index >= 15 is 0 Å². The molecule has 1 N–H and O–H groups in total. The van der Waals surface area contributed by atoms with Crippen molar-refractivity contribution in [2.24, 2.45) is 0 Å². The van der Waals surface area contributed by atoms with E-state index in [0.717, 1.165) is 21.5 Å². The van der Waals surface area contributed by atoms with Gasteiger partial charge in [0, 0.05) is 16.0 Å². The number of para-hydroxylation sites is 1. The quantitative estimate of drug-likeness (QED) is 0.367. The Balaban J connectivity index is 1.46. The van der Waals surface area contributed by atoms with Crippen molar-refractivity contribution in [1.29, 1.82) is 0 Å². The van der Waals surface area contributed by atoms with Gasteiger partial charge in [-0.15, -0.1) is 22.0 Å². The molecule has 0 atom stereocenters. The fourth-order valence-corrected chi connectivity index (χ4v) is 4.44. The molecule has 0 aliphatic rings. The predicted molar refractivity (Wildman–Crippen MR) is 124 cm³/mol. The van der Waals surface area contributed by atoms with Gasteiger partial charge in [-0.05, 0) is 48.7 Å². The summed E-state index contributed by atoms with van der Waals surface area (Å²) in [6.45, 7) is 0. The Labute approximate surface area is 186 Å². The highest BCUT2D eigenvalue weighted by Gasteiger charge is 2.19. The second-order valence-corrected chi connectivity index (χ2v) is 8.46. The predicted octanol–water partition coefficient (Wildman–Crippen LogP) is 4.99. The highest BCUT2D eigenvalue weighted by atomic mass is 32.2. The van der Waals surface area contributed by atoms with Crippen LogP contribution in [0.25, 0.3) is 28.1 Å². The summed E-state index contributed by atoms with van der Waals surface area (Å²) in [6.07, 6.45) is 3.60. The molecule has 0 bridgehead atoms. The van der Waals surface area contributed by atoms with Crippen molar-refractivity contribution in [3.8, 4) is 11.6 Å². The van der Waals surface area contributed by atoms with Gasteiger partial charge in [-0.2, -0.15) is 0 Å². The van der Waals surface area contributed by atoms with Crippen LogP contribution in [0.4, 0.5) is 5.69 Å². The minimum Gasteiger partial charge on any atom is -0.461 e. The van der Waals surface area contributed by atoms with Gasteiger partial charge in [0.2, 0.25) is 5.91 Å². The Morgan fingerprint density at radius 1 is 1.10 bits per heavy atom. The first-order valence-corrected chi connectivity index (χ1v) is 11.7. The minimum atomic E-state index is -0.117. The lowest BCUT2D eigenvalue weighted by Crippen LogP contribution is -2.14. The van der Waals surface area contributed by atoms with Gasteiger partial charge in [-0.3, -0.25) is 9.20 Å². The second-order valence-electron chi connectivity index (χ2n) is 6.64. The van der Waals surface area contributed by atoms with E-state index in [1.165, 1.54) is 11.8 Å². The van der Waals surface area contributed by atoms with Gasteiger partial charge in [-0.1, -0.05) is 30.0 Å². The zero-order valence-electron chi connectivity index (χ0n) is 16.5. The zero-order valence-corrected chi connectivity index (χ0v) is 18.1. The Bertz CT molecular complexity index is 1380. The van der Waals surface area contributed by atoms with Gasteiger partial charge < -0.3 is 9.73 Å². The normalized spacial score (nSPS) is 11.3. The van der Waals surface area contributed by atoms with Gasteiger partial charge in [-0.25, -0.2) is 4.98 Å². The highest BCUT2D eigenvalue weighted by molar-refractivity contribution is 7.99. The molecule has 3 aromatic heterocycles. The van der Waals surface area contributed by atoms with Gasteiger partial charge in [0.05, 0.1) is 17.5 Å². The first-order chi connectivity index (χ1) is 15.2. The Morgan fingerprint density at radius 3 is 2.84 bits per heavy atom. The van der Waals surface area contributed by atoms with Crippen LogP contribution in [-0.2, 0) is 4.79 Å². The second kappa shape index (κ2) is 8.44. The summed E-state index contributed by atoms with van der Waals surface area (Å²) in [7, 11) is 0. The van der Waals surface area contributed by atoms with Crippen molar-refractivity contribution in [2.75, 3.05) is 17.3 Å². The number of anilines is 1. The average molecular weight is 448 g/mol. The van der Waals surface area contributed by atoms with Crippen molar-refractivity contribution in [3.05, 3.63) is 66.9 Å². The smallest absolute Gasteiger partial charge is 0.234 e. The van der Waals surface area contributed by atoms with Crippen LogP contribution in [0, 0.1) is 0 Å². The van der Waals surface area contributed by atoms with E-state index in [0.29, 0.717) is 22.4 Å². The average Bonchev–Trinajstić information content (AvgIpc) is 3.48. The van der Waals surface area contributed by atoms with Crippen molar-refractivity contribution in [1.82, 2.24) is 19.6 Å². The summed E-state index contributed by atoms with van der Waals surface area (Å²) in [6, 6.07) is 19.2. The molecule has 9 heteroatoms. The Hall–Kier alpha value is -3.30. The number of carbonyl (C=O) groups is 1. The van der Waals surface area contributed by atoms with Crippen molar-refractivity contribution >= 4 is 51.7 Å². The largest absolute Gasteiger partial charge is 0.461 e. The third kappa shape index (κ3) is 3.89. The standard InChI is InChI=1S/C22H17N5O2S2/c1-30-15-7-4-6-14(12-15)23-19(28)13-31-22-26-25-20-16-8-2-3-9-17(16)24-21(27(20)22)18-10-5-11-29-18/h2-12H,13H2,1H3,(H,23,28). The summed E-state index contributed by atoms with van der Waals surface area (Å²) in [4.78, 5) is 18.4. The van der Waals surface area contributed by atoms with Gasteiger partial charge in [0.15, 0.2) is 22.4 Å². The van der Waals surface area contributed by atoms with Gasteiger partial charge in [0.1, 0.15) is 0 Å². The van der Waals surface area contributed by atoms with E-state index in [1.54, 1.807) is 18.0 Å². The van der Waals surface area contributed by atoms with Crippen LogP contribution in [-0.4, -0.2) is 37.5 Å². The molecule has 2 aromatic carbocycles. The van der Waals surface area contributed by atoms with E-state index in [-0.39, 0.29) is 11.7 Å². The summed E-state index contributed by atoms with van der Waals surface area (Å²) in [5.74, 6) is 1.28. The lowest BCUT2D eigenvalue weighted by atomic mass is 10.2. The maximum atomic E-state index is 12.5. The molecule has 0 spiro atoms. The number of benzene rings is 2. The molecular formula is C22H17N5O2S2. The number of rotatable bonds is 6. The van der Waals surface area contributed by atoms with Crippen LogP contribution in [0.1, 0.15) is 0 Å². The van der Waals surface area contributed by atoms with Gasteiger partial charge in [0.25, 0.3) is 0 Å². The van der Waals surface area contributed by atoms with E-state index in [1.807, 2.05) is 71.3 Å². The number of aromatic nitrogens is 4. The Kier molecular flexibility index (Phi) is 5.35. The molecule has 31 heavy (non-hydrogen) atoms. The molecular weight excluding hydrogens is 430 g/mol. The molecule has 0 aliphatic heterocycles. The first kappa shape index (κ1) is 19.7. The summed E-state index contributed by atoms with van der Waals surface area (Å²) in [5, 5.41) is 13.1. The van der Waals surface area contributed by atoms with Crippen LogP contribution >= 0.6 is 23.5 Å². The molecule has 1 amide bonds. The third-order valence-corrected chi connectivity index (χ3v) is 6.30. The number of amides is 1. The minimum absolute atomic E-state index is 0.117. The molecule has 0 aliphatic carbocycles. The number of hydrogen-bond acceptors (Lipinski definition) is 7. The van der Waals surface area contributed by atoms with Crippen molar-refractivity contribution in [2.45, 2.75) is 10.1 Å². The first-order valence-electron chi connectivity index (χ1n) is 9.47. The van der Waals surface area contributed by atoms with Crippen LogP contribution in [0.3, 0.4) is 0 Å². The molecule has 3 heterocycles. The maximum Gasteiger partial charge on any atom is 0.234 e. The molecule has 0 unspecified atom stereocenters. The summed E-state index contributed by atoms with van der Waals surface area (Å²) < 4.78 is 7.44. The number of nitrogens with zero attached hydrogens (tertiary/aromatic N) is 4. The van der Waals surface area contributed by atoms with Gasteiger partial charge >= 0.3 is 0 Å². The molecule has 0 saturated heterocycles. The molecule has 0 radical (unpaired) electrons. The zero-order chi connectivity index (χ0) is 21.2. The molecule has 0 saturated carbocycles. The molecule has 5 aromatic rings.